The Morgan fingerprint density at radius 3 is 1.80 bits per heavy atom. The summed E-state index contributed by atoms with van der Waals surface area (Å²) >= 11 is 0. The van der Waals surface area contributed by atoms with Gasteiger partial charge >= 0.3 is 26.2 Å². The first-order valence-corrected chi connectivity index (χ1v) is 15.7. The molecule has 0 saturated carbocycles. The number of aryl methyl sites for hydroxylation is 2. The minimum Gasteiger partial charge on any atom is -1.00 e. The van der Waals surface area contributed by atoms with Crippen molar-refractivity contribution >= 4 is 21.5 Å². The second-order valence-corrected chi connectivity index (χ2v) is 13.0. The van der Waals surface area contributed by atoms with Crippen LogP contribution in [-0.2, 0) is 43.5 Å². The first-order chi connectivity index (χ1) is 20.2. The van der Waals surface area contributed by atoms with E-state index in [1.807, 2.05) is 12.2 Å². The molecule has 0 amide bonds. The summed E-state index contributed by atoms with van der Waals surface area (Å²) in [7, 11) is 0. The minimum absolute atomic E-state index is 0. The summed E-state index contributed by atoms with van der Waals surface area (Å²) in [5, 5.41) is 5.62. The molecule has 0 unspecified atom stereocenters. The van der Waals surface area contributed by atoms with Crippen molar-refractivity contribution in [3.8, 4) is 0 Å². The van der Waals surface area contributed by atoms with E-state index >= 15 is 0 Å². The van der Waals surface area contributed by atoms with Gasteiger partial charge in [-0.2, -0.15) is 6.08 Å². The van der Waals surface area contributed by atoms with E-state index in [9.17, 15) is 0 Å². The fraction of sp³-hybridized carbons (Fsp3) is 0.310. The minimum atomic E-state index is -0.0685. The molecular weight excluding hydrogens is 667 g/mol. The van der Waals surface area contributed by atoms with Crippen molar-refractivity contribution in [3.63, 3.8) is 0 Å². The van der Waals surface area contributed by atoms with Crippen LogP contribution in [0.3, 0.4) is 0 Å². The Bertz CT molecular complexity index is 1730. The fourth-order valence-corrected chi connectivity index (χ4v) is 6.84. The predicted molar refractivity (Wildman–Crippen MR) is 184 cm³/mol. The second-order valence-electron chi connectivity index (χ2n) is 13.0. The van der Waals surface area contributed by atoms with Crippen LogP contribution in [0.4, 0.5) is 0 Å². The topological polar surface area (TPSA) is 0 Å². The quantitative estimate of drug-likeness (QED) is 0.192. The van der Waals surface area contributed by atoms with E-state index in [2.05, 4.69) is 146 Å². The molecule has 232 valence electrons. The summed E-state index contributed by atoms with van der Waals surface area (Å²) in [6, 6.07) is 31.9. The third kappa shape index (κ3) is 7.99. The Hall–Kier alpha value is -2.31. The van der Waals surface area contributed by atoms with Crippen molar-refractivity contribution in [1.82, 2.24) is 0 Å². The summed E-state index contributed by atoms with van der Waals surface area (Å²) < 4.78 is 0. The summed E-state index contributed by atoms with van der Waals surface area (Å²) in [6.45, 7) is 16.4. The SMILES string of the molecule is CCCCc1c(C)c(C(C)(C)c2ccccc2)cc2c1[cH-]c1cc(C)c(C(C)(C)c3ccccc3)cc12.[C-]1=CC=CC1.[Cl-].[Cl-].[Zr+4]. The molecule has 1 aliphatic rings. The molecular formula is C42H46Cl2Zr. The van der Waals surface area contributed by atoms with Crippen LogP contribution in [0.15, 0.2) is 103 Å². The van der Waals surface area contributed by atoms with Crippen molar-refractivity contribution < 1.29 is 51.0 Å². The smallest absolute Gasteiger partial charge is 1.00 e. The summed E-state index contributed by atoms with van der Waals surface area (Å²) in [6.07, 6.45) is 13.6. The van der Waals surface area contributed by atoms with Gasteiger partial charge in [-0.15, -0.1) is 45.7 Å². The fourth-order valence-electron chi connectivity index (χ4n) is 6.84. The van der Waals surface area contributed by atoms with E-state index in [1.165, 1.54) is 73.3 Å². The Morgan fingerprint density at radius 2 is 1.31 bits per heavy atom. The molecule has 45 heavy (non-hydrogen) atoms. The van der Waals surface area contributed by atoms with Gasteiger partial charge in [0.1, 0.15) is 0 Å². The standard InChI is InChI=1S/C37H41.C5H5.2ClH.Zr/c1-8-9-20-30-26(3)35(37(6,7)29-18-14-11-15-19-29)24-33-31-23-34(25(2)21-27(31)22-32(30)33)36(4,5)28-16-12-10-13-17-28;1-2-4-5-3-1;;;/h10-19,21-24H,8-9,20H2,1-7H3;1-3H,4H2;2*1H;/q2*-1;;;+4/p-2. The van der Waals surface area contributed by atoms with E-state index in [4.69, 9.17) is 0 Å². The third-order valence-corrected chi connectivity index (χ3v) is 9.45. The summed E-state index contributed by atoms with van der Waals surface area (Å²) in [5.74, 6) is 0. The molecule has 0 nitrogen and oxygen atoms in total. The number of allylic oxidation sites excluding steroid dienone is 4. The Labute approximate surface area is 303 Å². The average molecular weight is 713 g/mol. The summed E-state index contributed by atoms with van der Waals surface area (Å²) in [4.78, 5) is 0. The maximum atomic E-state index is 2.99. The molecule has 0 N–H and O–H groups in total. The van der Waals surface area contributed by atoms with E-state index in [0.717, 1.165) is 12.8 Å². The van der Waals surface area contributed by atoms with Gasteiger partial charge in [0, 0.05) is 10.8 Å². The van der Waals surface area contributed by atoms with Crippen LogP contribution in [0, 0.1) is 19.9 Å². The maximum Gasteiger partial charge on any atom is 4.00 e. The number of hydrogen-bond donors (Lipinski definition) is 0. The van der Waals surface area contributed by atoms with Gasteiger partial charge in [0.2, 0.25) is 0 Å². The van der Waals surface area contributed by atoms with Gasteiger partial charge in [0.15, 0.2) is 0 Å². The van der Waals surface area contributed by atoms with Crippen LogP contribution in [0.1, 0.15) is 92.8 Å². The largest absolute Gasteiger partial charge is 4.00 e. The Kier molecular flexibility index (Phi) is 14.3. The molecule has 0 radical (unpaired) electrons. The second kappa shape index (κ2) is 16.5. The van der Waals surface area contributed by atoms with Crippen LogP contribution in [0.5, 0.6) is 0 Å². The molecule has 1 aliphatic carbocycles. The summed E-state index contributed by atoms with van der Waals surface area (Å²) in [5.41, 5.74) is 9.84. The van der Waals surface area contributed by atoms with Crippen LogP contribution in [0.25, 0.3) is 21.5 Å². The Balaban J connectivity index is 0.000000805. The van der Waals surface area contributed by atoms with Crippen molar-refractivity contribution in [2.75, 3.05) is 0 Å². The predicted octanol–water partition coefficient (Wildman–Crippen LogP) is 5.63. The Morgan fingerprint density at radius 1 is 0.756 bits per heavy atom. The van der Waals surface area contributed by atoms with Gasteiger partial charge in [0.05, 0.1) is 0 Å². The molecule has 0 saturated heterocycles. The number of unbranched alkanes of at least 4 members (excludes halogenated alkanes) is 1. The van der Waals surface area contributed by atoms with Gasteiger partial charge in [-0.3, -0.25) is 6.08 Å². The molecule has 0 spiro atoms. The number of fused-ring (bicyclic) bond motifs is 3. The van der Waals surface area contributed by atoms with E-state index in [1.54, 1.807) is 0 Å². The van der Waals surface area contributed by atoms with Crippen LogP contribution in [-0.4, -0.2) is 0 Å². The molecule has 5 aromatic rings. The van der Waals surface area contributed by atoms with Crippen LogP contribution < -0.4 is 24.8 Å². The number of rotatable bonds is 7. The number of halogens is 2. The molecule has 0 fully saturated rings. The van der Waals surface area contributed by atoms with Crippen LogP contribution in [0.2, 0.25) is 0 Å². The third-order valence-electron chi connectivity index (χ3n) is 9.45. The van der Waals surface area contributed by atoms with Crippen molar-refractivity contribution in [3.05, 3.63) is 148 Å². The normalized spacial score (nSPS) is 12.2. The average Bonchev–Trinajstić information content (AvgIpc) is 3.69. The molecule has 0 aliphatic heterocycles. The zero-order chi connectivity index (χ0) is 29.9. The van der Waals surface area contributed by atoms with Crippen molar-refractivity contribution in [2.45, 2.75) is 85.0 Å². The van der Waals surface area contributed by atoms with E-state index < -0.39 is 0 Å². The van der Waals surface area contributed by atoms with Gasteiger partial charge in [0.25, 0.3) is 0 Å². The molecule has 0 bridgehead atoms. The maximum absolute atomic E-state index is 2.99. The number of hydrogen-bond acceptors (Lipinski definition) is 0. The van der Waals surface area contributed by atoms with Crippen molar-refractivity contribution in [1.29, 1.82) is 0 Å². The zero-order valence-corrected chi connectivity index (χ0v) is 31.9. The monoisotopic (exact) mass is 710 g/mol. The van der Waals surface area contributed by atoms with Gasteiger partial charge in [-0.25, -0.2) is 12.2 Å². The molecule has 5 aromatic carbocycles. The van der Waals surface area contributed by atoms with E-state index in [0.29, 0.717) is 0 Å². The van der Waals surface area contributed by atoms with Gasteiger partial charge < -0.3 is 24.8 Å². The first kappa shape index (κ1) is 38.9. The van der Waals surface area contributed by atoms with Crippen LogP contribution >= 0.6 is 0 Å². The van der Waals surface area contributed by atoms with E-state index in [-0.39, 0.29) is 61.8 Å². The zero-order valence-electron chi connectivity index (χ0n) is 27.9. The van der Waals surface area contributed by atoms with Gasteiger partial charge in [-0.1, -0.05) is 138 Å². The van der Waals surface area contributed by atoms with Gasteiger partial charge in [-0.05, 0) is 36.1 Å². The molecule has 0 atom stereocenters. The van der Waals surface area contributed by atoms with Crippen molar-refractivity contribution in [2.24, 2.45) is 0 Å². The number of benzene rings is 4. The molecule has 3 heteroatoms. The molecule has 6 rings (SSSR count). The molecule has 0 heterocycles. The molecule has 0 aromatic heterocycles. The first-order valence-electron chi connectivity index (χ1n) is 15.7.